The van der Waals surface area contributed by atoms with Crippen LogP contribution in [0, 0.1) is 0 Å². The Kier molecular flexibility index (Phi) is 1.57. The monoisotopic (exact) mass is 162 g/mol. The van der Waals surface area contributed by atoms with Crippen LogP contribution in [-0.4, -0.2) is 15.3 Å². The van der Waals surface area contributed by atoms with Gasteiger partial charge in [0.2, 0.25) is 0 Å². The maximum absolute atomic E-state index is 10.9. The molecule has 1 aliphatic carbocycles. The van der Waals surface area contributed by atoms with Crippen LogP contribution in [0.4, 0.5) is 0 Å². The zero-order valence-corrected chi connectivity index (χ0v) is 6.95. The number of carbonyl (C=O) groups excluding carboxylic acids is 1. The molecule has 1 aromatic rings. The molecule has 0 atom stereocenters. The van der Waals surface area contributed by atoms with E-state index in [1.165, 1.54) is 0 Å². The van der Waals surface area contributed by atoms with Crippen LogP contribution in [-0.2, 0) is 11.8 Å². The fraction of sp³-hybridized carbons (Fsp3) is 0.333. The molecule has 3 nitrogen and oxygen atoms in total. The lowest BCUT2D eigenvalue weighted by atomic mass is 10.2. The normalized spacial score (nSPS) is 16.8. The smallest absolute Gasteiger partial charge is 0.156 e. The van der Waals surface area contributed by atoms with Crippen LogP contribution >= 0.6 is 0 Å². The van der Waals surface area contributed by atoms with E-state index in [4.69, 9.17) is 0 Å². The van der Waals surface area contributed by atoms with E-state index in [9.17, 15) is 4.79 Å². The number of imidazole rings is 1. The van der Waals surface area contributed by atoms with E-state index in [-0.39, 0.29) is 5.78 Å². The minimum Gasteiger partial charge on any atom is -0.334 e. The van der Waals surface area contributed by atoms with Crippen LogP contribution < -0.4 is 0 Å². The minimum atomic E-state index is 0.216. The Bertz CT molecular complexity index is 349. The van der Waals surface area contributed by atoms with Gasteiger partial charge < -0.3 is 4.57 Å². The third-order valence-corrected chi connectivity index (χ3v) is 2.08. The molecule has 0 amide bonds. The predicted octanol–water partition coefficient (Wildman–Crippen LogP) is 1.17. The molecule has 0 radical (unpaired) electrons. The predicted molar refractivity (Wildman–Crippen MR) is 45.4 cm³/mol. The van der Waals surface area contributed by atoms with Crippen molar-refractivity contribution in [2.24, 2.45) is 7.05 Å². The molecule has 62 valence electrons. The largest absolute Gasteiger partial charge is 0.334 e. The Morgan fingerprint density at radius 3 is 2.83 bits per heavy atom. The van der Waals surface area contributed by atoms with Gasteiger partial charge in [0.25, 0.3) is 0 Å². The Labute approximate surface area is 70.7 Å². The zero-order valence-electron chi connectivity index (χ0n) is 6.95. The highest BCUT2D eigenvalue weighted by Gasteiger charge is 2.15. The lowest BCUT2D eigenvalue weighted by molar-refractivity contribution is -0.114. The molecular formula is C9H10N2O. The van der Waals surface area contributed by atoms with Crippen molar-refractivity contribution in [3.8, 4) is 0 Å². The summed E-state index contributed by atoms with van der Waals surface area (Å²) in [5.41, 5.74) is 1.06. The highest BCUT2D eigenvalue weighted by Crippen LogP contribution is 2.23. The molecule has 0 saturated heterocycles. The highest BCUT2D eigenvalue weighted by molar-refractivity contribution is 6.00. The first-order valence-electron chi connectivity index (χ1n) is 3.98. The van der Waals surface area contributed by atoms with Gasteiger partial charge in [-0.3, -0.25) is 4.79 Å². The van der Waals surface area contributed by atoms with Gasteiger partial charge in [-0.2, -0.15) is 0 Å². The Hall–Kier alpha value is -1.38. The average Bonchev–Trinajstić information content (AvgIpc) is 2.58. The molecule has 0 saturated carbocycles. The Balaban J connectivity index is 2.38. The van der Waals surface area contributed by atoms with Gasteiger partial charge in [-0.05, 0) is 18.1 Å². The second kappa shape index (κ2) is 2.59. The van der Waals surface area contributed by atoms with Crippen LogP contribution in [0.5, 0.6) is 0 Å². The number of ketones is 1. The Morgan fingerprint density at radius 1 is 1.50 bits per heavy atom. The molecule has 0 N–H and O–H groups in total. The van der Waals surface area contributed by atoms with Crippen molar-refractivity contribution in [3.05, 3.63) is 24.3 Å². The highest BCUT2D eigenvalue weighted by atomic mass is 16.1. The number of aromatic nitrogens is 2. The van der Waals surface area contributed by atoms with Crippen LogP contribution in [0.15, 0.2) is 18.5 Å². The van der Waals surface area contributed by atoms with E-state index >= 15 is 0 Å². The van der Waals surface area contributed by atoms with Gasteiger partial charge in [0.15, 0.2) is 5.78 Å². The molecule has 0 unspecified atom stereocenters. The average molecular weight is 162 g/mol. The number of aryl methyl sites for hydroxylation is 1. The fourth-order valence-electron chi connectivity index (χ4n) is 1.45. The van der Waals surface area contributed by atoms with Crippen LogP contribution in [0.25, 0.3) is 5.57 Å². The van der Waals surface area contributed by atoms with E-state index in [1.54, 1.807) is 12.3 Å². The summed E-state index contributed by atoms with van der Waals surface area (Å²) in [7, 11) is 1.94. The van der Waals surface area contributed by atoms with Crippen molar-refractivity contribution in [1.82, 2.24) is 9.55 Å². The van der Waals surface area contributed by atoms with Crippen molar-refractivity contribution in [2.45, 2.75) is 12.8 Å². The first-order valence-corrected chi connectivity index (χ1v) is 3.98. The van der Waals surface area contributed by atoms with E-state index in [0.29, 0.717) is 6.42 Å². The van der Waals surface area contributed by atoms with Gasteiger partial charge in [0.1, 0.15) is 5.82 Å². The van der Waals surface area contributed by atoms with E-state index in [2.05, 4.69) is 4.98 Å². The number of hydrogen-bond donors (Lipinski definition) is 0. The van der Waals surface area contributed by atoms with E-state index in [1.807, 2.05) is 17.8 Å². The quantitative estimate of drug-likeness (QED) is 0.621. The summed E-state index contributed by atoms with van der Waals surface area (Å²) in [5, 5.41) is 0. The molecule has 0 bridgehead atoms. The van der Waals surface area contributed by atoms with Crippen molar-refractivity contribution < 1.29 is 4.79 Å². The van der Waals surface area contributed by atoms with Gasteiger partial charge in [0, 0.05) is 25.9 Å². The molecule has 12 heavy (non-hydrogen) atoms. The molecule has 1 aromatic heterocycles. The molecule has 1 heterocycles. The summed E-state index contributed by atoms with van der Waals surface area (Å²) in [6.07, 6.45) is 6.81. The molecule has 3 heteroatoms. The van der Waals surface area contributed by atoms with Crippen LogP contribution in [0.1, 0.15) is 18.7 Å². The second-order valence-corrected chi connectivity index (χ2v) is 3.00. The lowest BCUT2D eigenvalue weighted by Crippen LogP contribution is -1.94. The first kappa shape index (κ1) is 7.28. The third kappa shape index (κ3) is 1.07. The SMILES string of the molecule is Cn1ccnc1C1=CC(=O)CC1. The van der Waals surface area contributed by atoms with E-state index in [0.717, 1.165) is 17.8 Å². The summed E-state index contributed by atoms with van der Waals surface area (Å²) in [5.74, 6) is 1.13. The molecule has 0 aliphatic heterocycles. The van der Waals surface area contributed by atoms with Crippen molar-refractivity contribution >= 4 is 11.4 Å². The second-order valence-electron chi connectivity index (χ2n) is 3.00. The number of rotatable bonds is 1. The molecule has 2 rings (SSSR count). The van der Waals surface area contributed by atoms with Gasteiger partial charge >= 0.3 is 0 Å². The Morgan fingerprint density at radius 2 is 2.33 bits per heavy atom. The van der Waals surface area contributed by atoms with Crippen LogP contribution in [0.2, 0.25) is 0 Å². The zero-order chi connectivity index (χ0) is 8.55. The van der Waals surface area contributed by atoms with Gasteiger partial charge in [-0.1, -0.05) is 0 Å². The lowest BCUT2D eigenvalue weighted by Gasteiger charge is -1.99. The number of carbonyl (C=O) groups is 1. The molecule has 0 spiro atoms. The number of allylic oxidation sites excluding steroid dienone is 2. The first-order chi connectivity index (χ1) is 5.77. The minimum absolute atomic E-state index is 0.216. The van der Waals surface area contributed by atoms with Crippen LogP contribution in [0.3, 0.4) is 0 Å². The van der Waals surface area contributed by atoms with Crippen molar-refractivity contribution in [3.63, 3.8) is 0 Å². The standard InChI is InChI=1S/C9H10N2O/c1-11-5-4-10-9(11)7-2-3-8(12)6-7/h4-6H,2-3H2,1H3. The van der Waals surface area contributed by atoms with E-state index < -0.39 is 0 Å². The molecular weight excluding hydrogens is 152 g/mol. The summed E-state index contributed by atoms with van der Waals surface area (Å²) >= 11 is 0. The number of nitrogens with zero attached hydrogens (tertiary/aromatic N) is 2. The topological polar surface area (TPSA) is 34.9 Å². The van der Waals surface area contributed by atoms with Gasteiger partial charge in [0.05, 0.1) is 0 Å². The fourth-order valence-corrected chi connectivity index (χ4v) is 1.45. The summed E-state index contributed by atoms with van der Waals surface area (Å²) < 4.78 is 1.93. The third-order valence-electron chi connectivity index (χ3n) is 2.08. The molecule has 0 fully saturated rings. The van der Waals surface area contributed by atoms with Gasteiger partial charge in [-0.15, -0.1) is 0 Å². The summed E-state index contributed by atoms with van der Waals surface area (Å²) in [6, 6.07) is 0. The maximum Gasteiger partial charge on any atom is 0.156 e. The summed E-state index contributed by atoms with van der Waals surface area (Å²) in [6.45, 7) is 0. The number of hydrogen-bond acceptors (Lipinski definition) is 2. The van der Waals surface area contributed by atoms with Gasteiger partial charge in [-0.25, -0.2) is 4.98 Å². The molecule has 1 aliphatic rings. The van der Waals surface area contributed by atoms with Crippen molar-refractivity contribution in [1.29, 1.82) is 0 Å². The van der Waals surface area contributed by atoms with Crippen molar-refractivity contribution in [2.75, 3.05) is 0 Å². The maximum atomic E-state index is 10.9. The summed E-state index contributed by atoms with van der Waals surface area (Å²) in [4.78, 5) is 15.1. The molecule has 0 aromatic carbocycles.